The second-order valence-electron chi connectivity index (χ2n) is 28.6. The summed E-state index contributed by atoms with van der Waals surface area (Å²) in [6, 6.07) is 37.1. The molecule has 586 valence electrons. The van der Waals surface area contributed by atoms with Gasteiger partial charge in [-0.3, -0.25) is 23.5 Å². The first-order valence-electron chi connectivity index (χ1n) is 35.8. The van der Waals surface area contributed by atoms with Crippen LogP contribution in [0.5, 0.6) is 0 Å². The van der Waals surface area contributed by atoms with Gasteiger partial charge in [-0.05, 0) is 115 Å². The van der Waals surface area contributed by atoms with E-state index in [-0.39, 0.29) is 82.4 Å². The van der Waals surface area contributed by atoms with Crippen LogP contribution >= 0.6 is 0 Å². The van der Waals surface area contributed by atoms with Crippen molar-refractivity contribution in [1.29, 1.82) is 0 Å². The summed E-state index contributed by atoms with van der Waals surface area (Å²) in [6.07, 6.45) is -4.92. The predicted molar refractivity (Wildman–Crippen MR) is 397 cm³/mol. The normalized spacial score (nSPS) is 18.1. The van der Waals surface area contributed by atoms with E-state index in [1.807, 2.05) is 6.07 Å². The third-order valence-electron chi connectivity index (χ3n) is 20.7. The van der Waals surface area contributed by atoms with Gasteiger partial charge >= 0.3 is 24.7 Å². The highest BCUT2D eigenvalue weighted by molar-refractivity contribution is 5.96. The third kappa shape index (κ3) is 13.9. The minimum Gasteiger partial charge on any atom is -0.394 e. The van der Waals surface area contributed by atoms with Crippen molar-refractivity contribution in [2.45, 2.75) is 134 Å². The first kappa shape index (κ1) is 79.9. The third-order valence-corrected chi connectivity index (χ3v) is 20.7. The molecule has 16 nitrogen and oxygen atoms in total. The number of carbonyl (C=O) groups is 2. The number of alkyl halides is 12. The van der Waals surface area contributed by atoms with Gasteiger partial charge in [0.1, 0.15) is 11.6 Å². The number of halogens is 12. The predicted octanol–water partition coefficient (Wildman–Crippen LogP) is 16.9. The van der Waals surface area contributed by atoms with Crippen molar-refractivity contribution in [3.63, 3.8) is 0 Å². The number of ketones is 2. The first-order chi connectivity index (χ1) is 53.3. The summed E-state index contributed by atoms with van der Waals surface area (Å²) in [5.74, 6) is 0.129. The molecular weight excluding hydrogens is 1490 g/mol. The number of aliphatic hydroxyl groups excluding tert-OH is 2. The highest BCUT2D eigenvalue weighted by atomic mass is 19.4. The molecule has 6 N–H and O–H groups in total. The number of benzene rings is 8. The van der Waals surface area contributed by atoms with E-state index < -0.39 is 47.1 Å². The zero-order chi connectivity index (χ0) is 81.4. The van der Waals surface area contributed by atoms with Crippen molar-refractivity contribution in [2.75, 3.05) is 13.2 Å². The molecule has 113 heavy (non-hydrogen) atoms. The Hall–Kier alpha value is -11.1. The van der Waals surface area contributed by atoms with E-state index in [2.05, 4.69) is 20.4 Å². The number of hydrogen-bond donors (Lipinski definition) is 6. The van der Waals surface area contributed by atoms with E-state index in [1.54, 1.807) is 153 Å². The van der Waals surface area contributed by atoms with Crippen LogP contribution in [-0.2, 0) is 58.2 Å². The Bertz CT molecular complexity index is 5510. The highest BCUT2D eigenvalue weighted by Gasteiger charge is 2.65. The minimum absolute atomic E-state index is 0.0302. The van der Waals surface area contributed by atoms with Crippen LogP contribution < -0.4 is 0 Å². The van der Waals surface area contributed by atoms with Gasteiger partial charge in [-0.25, -0.2) is 0 Å². The topological polar surface area (TPSA) is 227 Å². The molecule has 0 saturated heterocycles. The number of rotatable bonds is 15. The molecule has 0 saturated carbocycles. The molecular formula is C85H74F12N8O8. The lowest BCUT2D eigenvalue weighted by molar-refractivity contribution is -0.247. The Kier molecular flexibility index (Phi) is 21.0. The second-order valence-corrected chi connectivity index (χ2v) is 28.6. The fraction of sp³-hybridized carbons (Fsp3) is 0.271. The van der Waals surface area contributed by atoms with Crippen molar-refractivity contribution in [1.82, 2.24) is 39.1 Å². The lowest BCUT2D eigenvalue weighted by Gasteiger charge is -2.28. The molecule has 4 aliphatic rings. The molecule has 4 atom stereocenters. The van der Waals surface area contributed by atoms with E-state index in [0.29, 0.717) is 144 Å². The van der Waals surface area contributed by atoms with Crippen LogP contribution in [0.2, 0.25) is 0 Å². The Labute approximate surface area is 639 Å². The maximum absolute atomic E-state index is 14.1. The van der Waals surface area contributed by atoms with Crippen LogP contribution in [0.4, 0.5) is 52.7 Å². The molecule has 16 rings (SSSR count). The molecule has 0 unspecified atom stereocenters. The lowest BCUT2D eigenvalue weighted by atomic mass is 9.88. The standard InChI is InChI=1S/C23H21F3N2O2.C22H19F3N2O2.2C20H17F3N2O2/c1-14-10-18(16-12-27-28(13-16)9-5-6-15(2)29)21-17-7-3-4-8-19(17)22(30,20(21)11-14)23(24,25)26;1-13-9-17(15-11-26-27(12-15)8-7-14(2)28)20-16-5-3-4-6-18(16)21(29,19(20)10-13)22(23,24)25;2*1-12-8-15(13-10-24-25(11-13)6-7-26)18-14-4-2-3-5-16(14)19(27,17(18)9-12)20(21,22)23/h3-4,7-8,10-13,30H,5-6,9H2,1-2H3;3-6,9-12,29H,7-8H2,1-2H3;2*2-5,8-11,26-27H,6-7H2,1H3/t22-;21-;2*19-/m1111/s1. The van der Waals surface area contributed by atoms with Crippen LogP contribution in [-0.4, -0.2) is 119 Å². The average Bonchev–Trinajstić information content (AvgIpc) is 1.57. The maximum Gasteiger partial charge on any atom is 0.425 e. The van der Waals surface area contributed by atoms with Crippen molar-refractivity contribution in [3.05, 3.63) is 262 Å². The average molecular weight is 1560 g/mol. The van der Waals surface area contributed by atoms with Gasteiger partial charge in [-0.1, -0.05) is 168 Å². The molecule has 0 fully saturated rings. The number of carbonyl (C=O) groups excluding carboxylic acids is 2. The number of nitrogens with zero attached hydrogens (tertiary/aromatic N) is 8. The highest BCUT2D eigenvalue weighted by Crippen LogP contribution is 2.62. The number of aromatic nitrogens is 8. The quantitative estimate of drug-likeness (QED) is 0.0527. The number of fused-ring (bicyclic) bond motifs is 12. The summed E-state index contributed by atoms with van der Waals surface area (Å²) < 4.78 is 175. The number of aryl methyl sites for hydroxylation is 6. The molecule has 12 aromatic rings. The Morgan fingerprint density at radius 2 is 0.558 bits per heavy atom. The largest absolute Gasteiger partial charge is 0.425 e. The molecule has 0 spiro atoms. The van der Waals surface area contributed by atoms with Gasteiger partial charge < -0.3 is 35.4 Å². The maximum atomic E-state index is 14.1. The van der Waals surface area contributed by atoms with Gasteiger partial charge in [0.25, 0.3) is 0 Å². The first-order valence-corrected chi connectivity index (χ1v) is 35.8. The fourth-order valence-electron chi connectivity index (χ4n) is 15.7. The monoisotopic (exact) mass is 1560 g/mol. The summed E-state index contributed by atoms with van der Waals surface area (Å²) >= 11 is 0. The summed E-state index contributed by atoms with van der Waals surface area (Å²) in [7, 11) is 0. The van der Waals surface area contributed by atoms with E-state index in [0.717, 1.165) is 0 Å². The van der Waals surface area contributed by atoms with Gasteiger partial charge in [0.05, 0.1) is 51.1 Å². The van der Waals surface area contributed by atoms with Gasteiger partial charge in [-0.15, -0.1) is 0 Å². The lowest BCUT2D eigenvalue weighted by Crippen LogP contribution is -2.41. The van der Waals surface area contributed by atoms with Crippen LogP contribution in [0.3, 0.4) is 0 Å². The van der Waals surface area contributed by atoms with Gasteiger partial charge in [0.2, 0.25) is 22.4 Å². The second kappa shape index (κ2) is 29.8. The van der Waals surface area contributed by atoms with E-state index in [9.17, 15) is 82.7 Å². The van der Waals surface area contributed by atoms with Crippen molar-refractivity contribution >= 4 is 11.6 Å². The molecule has 0 bridgehead atoms. The summed E-state index contributed by atoms with van der Waals surface area (Å²) in [4.78, 5) is 22.4. The van der Waals surface area contributed by atoms with Crippen LogP contribution in [0.1, 0.15) is 99.9 Å². The summed E-state index contributed by atoms with van der Waals surface area (Å²) in [5.41, 5.74) is -3.36. The zero-order valence-electron chi connectivity index (χ0n) is 61.5. The van der Waals surface area contributed by atoms with Gasteiger partial charge in [-0.2, -0.15) is 73.1 Å². The zero-order valence-corrected chi connectivity index (χ0v) is 61.5. The molecule has 4 aromatic heterocycles. The fourth-order valence-corrected chi connectivity index (χ4v) is 15.7. The molecule has 0 aliphatic heterocycles. The molecule has 8 aromatic carbocycles. The van der Waals surface area contributed by atoms with E-state index >= 15 is 0 Å². The number of hydrogen-bond acceptors (Lipinski definition) is 12. The Morgan fingerprint density at radius 3 is 0.788 bits per heavy atom. The summed E-state index contributed by atoms with van der Waals surface area (Å²) in [6.45, 7) is 11.1. The number of Topliss-reactive ketones (excluding diaryl/α,β-unsaturated/α-hetero) is 2. The Morgan fingerprint density at radius 1 is 0.327 bits per heavy atom. The van der Waals surface area contributed by atoms with Crippen molar-refractivity contribution < 1.29 is 92.9 Å². The summed E-state index contributed by atoms with van der Waals surface area (Å²) in [5, 5.41) is 78.5. The van der Waals surface area contributed by atoms with E-state index in [4.69, 9.17) is 10.2 Å². The minimum atomic E-state index is -4.87. The van der Waals surface area contributed by atoms with Crippen LogP contribution in [0.15, 0.2) is 195 Å². The molecule has 4 heterocycles. The van der Waals surface area contributed by atoms with Crippen molar-refractivity contribution in [3.8, 4) is 89.0 Å². The van der Waals surface area contributed by atoms with E-state index in [1.165, 1.54) is 96.0 Å². The Balaban J connectivity index is 0.000000132. The molecule has 4 aliphatic carbocycles. The number of aliphatic hydroxyl groups is 6. The molecule has 0 amide bonds. The smallest absolute Gasteiger partial charge is 0.394 e. The SMILES string of the molecule is CC(=O)CCCn1cc(-c2cc(C)cc3c2-c2ccccc2[C@]3(O)C(F)(F)F)cn1.CC(=O)CCn1cc(-c2cc(C)cc3c2-c2ccccc2[C@]3(O)C(F)(F)F)cn1.Cc1cc(-c2cnn(CCO)c2)c2c(c1)[C@@](O)(C(F)(F)F)c1ccccc1-2.Cc1cc(-c2cnn(CCO)c2)c2c(c1)[C@@](O)(C(F)(F)F)c1ccccc1-2. The van der Waals surface area contributed by atoms with Gasteiger partial charge in [0, 0.05) is 117 Å². The molecule has 0 radical (unpaired) electrons. The molecule has 28 heteroatoms. The van der Waals surface area contributed by atoms with Gasteiger partial charge in [0.15, 0.2) is 0 Å². The van der Waals surface area contributed by atoms with Crippen LogP contribution in [0, 0.1) is 27.7 Å². The van der Waals surface area contributed by atoms with Crippen LogP contribution in [0.25, 0.3) is 89.0 Å². The van der Waals surface area contributed by atoms with Crippen molar-refractivity contribution in [2.24, 2.45) is 0 Å².